The molecule has 6 heteroatoms. The normalized spacial score (nSPS) is 14.5. The number of rotatable bonds is 5. The van der Waals surface area contributed by atoms with Crippen molar-refractivity contribution in [3.05, 3.63) is 39.8 Å². The van der Waals surface area contributed by atoms with E-state index in [-0.39, 0.29) is 5.91 Å². The molecule has 1 aromatic carbocycles. The number of carbonyl (C=O) groups excluding carboxylic acids is 1. The molecular weight excluding hydrogens is 312 g/mol. The van der Waals surface area contributed by atoms with Gasteiger partial charge in [-0.2, -0.15) is 0 Å². The first-order chi connectivity index (χ1) is 11.1. The zero-order chi connectivity index (χ0) is 16.4. The molecule has 1 aliphatic heterocycles. The molecule has 0 atom stereocenters. The van der Waals surface area contributed by atoms with Crippen LogP contribution in [0.25, 0.3) is 0 Å². The number of thiazole rings is 1. The summed E-state index contributed by atoms with van der Waals surface area (Å²) in [5.74, 6) is 2.17. The maximum Gasteiger partial charge on any atom is 0.265 e. The molecule has 122 valence electrons. The molecule has 2 aromatic rings. The minimum absolute atomic E-state index is 0.0927. The van der Waals surface area contributed by atoms with E-state index in [0.717, 1.165) is 40.9 Å². The number of hydrogen-bond donors (Lipinski definition) is 0. The van der Waals surface area contributed by atoms with Gasteiger partial charge in [0.2, 0.25) is 0 Å². The predicted molar refractivity (Wildman–Crippen MR) is 89.5 cm³/mol. The molecule has 1 aromatic heterocycles. The van der Waals surface area contributed by atoms with E-state index in [1.165, 1.54) is 16.9 Å². The summed E-state index contributed by atoms with van der Waals surface area (Å²) in [5, 5.41) is 0.925. The second-order valence-corrected chi connectivity index (χ2v) is 6.98. The maximum absolute atomic E-state index is 12.3. The fourth-order valence-corrected chi connectivity index (χ4v) is 3.54. The average Bonchev–Trinajstić information content (AvgIpc) is 2.96. The summed E-state index contributed by atoms with van der Waals surface area (Å²) in [7, 11) is 3.30. The Morgan fingerprint density at radius 3 is 2.43 bits per heavy atom. The number of aromatic nitrogens is 1. The van der Waals surface area contributed by atoms with Gasteiger partial charge in [0, 0.05) is 19.2 Å². The predicted octanol–water partition coefficient (Wildman–Crippen LogP) is 2.78. The van der Waals surface area contributed by atoms with Gasteiger partial charge in [0.05, 0.1) is 25.4 Å². The molecule has 0 radical (unpaired) electrons. The third kappa shape index (κ3) is 3.47. The van der Waals surface area contributed by atoms with Crippen molar-refractivity contribution in [2.45, 2.75) is 13.3 Å². The molecule has 0 N–H and O–H groups in total. The topological polar surface area (TPSA) is 51.7 Å². The number of nitrogens with zero attached hydrogens (tertiary/aromatic N) is 2. The first-order valence-corrected chi connectivity index (χ1v) is 8.34. The Morgan fingerprint density at radius 2 is 1.91 bits per heavy atom. The van der Waals surface area contributed by atoms with E-state index in [1.807, 2.05) is 30.0 Å². The van der Waals surface area contributed by atoms with Crippen LogP contribution < -0.4 is 9.47 Å². The lowest BCUT2D eigenvalue weighted by atomic mass is 9.92. The second kappa shape index (κ2) is 6.58. The lowest BCUT2D eigenvalue weighted by Crippen LogP contribution is -2.50. The molecule has 1 amide bonds. The highest BCUT2D eigenvalue weighted by Gasteiger charge is 2.32. The number of methoxy groups -OCH3 is 2. The minimum Gasteiger partial charge on any atom is -0.497 e. The number of amides is 1. The molecule has 0 bridgehead atoms. The lowest BCUT2D eigenvalue weighted by Gasteiger charge is -2.39. The fraction of sp³-hybridized carbons (Fsp3) is 0.412. The number of ether oxygens (including phenoxy) is 2. The molecule has 0 saturated carbocycles. The molecule has 0 unspecified atom stereocenters. The van der Waals surface area contributed by atoms with E-state index in [0.29, 0.717) is 5.92 Å². The molecule has 1 saturated heterocycles. The third-order valence-corrected chi connectivity index (χ3v) is 4.91. The van der Waals surface area contributed by atoms with E-state index < -0.39 is 0 Å². The molecule has 0 aliphatic carbocycles. The lowest BCUT2D eigenvalue weighted by molar-refractivity contribution is 0.0506. The van der Waals surface area contributed by atoms with Gasteiger partial charge in [-0.3, -0.25) is 4.79 Å². The van der Waals surface area contributed by atoms with Crippen molar-refractivity contribution in [3.8, 4) is 11.5 Å². The van der Waals surface area contributed by atoms with Crippen molar-refractivity contribution >= 4 is 17.2 Å². The highest BCUT2D eigenvalue weighted by atomic mass is 32.1. The Labute approximate surface area is 139 Å². The molecule has 0 spiro atoms. The second-order valence-electron chi connectivity index (χ2n) is 5.74. The van der Waals surface area contributed by atoms with Crippen molar-refractivity contribution in [2.75, 3.05) is 27.3 Å². The van der Waals surface area contributed by atoms with Gasteiger partial charge in [0.1, 0.15) is 16.4 Å². The van der Waals surface area contributed by atoms with Gasteiger partial charge in [0.15, 0.2) is 0 Å². The SMILES string of the molecule is COc1cc(CC2CN(C(=O)c3cnc(C)s3)C2)cc(OC)c1. The van der Waals surface area contributed by atoms with Crippen molar-refractivity contribution in [1.82, 2.24) is 9.88 Å². The molecule has 2 heterocycles. The molecule has 1 fully saturated rings. The van der Waals surface area contributed by atoms with Crippen LogP contribution in [0.15, 0.2) is 24.4 Å². The summed E-state index contributed by atoms with van der Waals surface area (Å²) >= 11 is 1.45. The van der Waals surface area contributed by atoms with Gasteiger partial charge >= 0.3 is 0 Å². The smallest absolute Gasteiger partial charge is 0.265 e. The first-order valence-electron chi connectivity index (χ1n) is 7.52. The minimum atomic E-state index is 0.0927. The molecule has 1 aliphatic rings. The molecular formula is C17H20N2O3S. The van der Waals surface area contributed by atoms with Crippen LogP contribution >= 0.6 is 11.3 Å². The Bertz CT molecular complexity index is 685. The molecule has 23 heavy (non-hydrogen) atoms. The number of aryl methyl sites for hydroxylation is 1. The highest BCUT2D eigenvalue weighted by Crippen LogP contribution is 2.28. The van der Waals surface area contributed by atoms with Crippen LogP contribution in [0.2, 0.25) is 0 Å². The Morgan fingerprint density at radius 1 is 1.26 bits per heavy atom. The maximum atomic E-state index is 12.3. The van der Waals surface area contributed by atoms with Crippen LogP contribution in [0.3, 0.4) is 0 Å². The summed E-state index contributed by atoms with van der Waals surface area (Å²) in [6.45, 7) is 3.49. The molecule has 5 nitrogen and oxygen atoms in total. The fourth-order valence-electron chi connectivity index (χ4n) is 2.80. The first kappa shape index (κ1) is 15.8. The Balaban J connectivity index is 1.59. The van der Waals surface area contributed by atoms with Crippen LogP contribution in [-0.2, 0) is 6.42 Å². The van der Waals surface area contributed by atoms with E-state index in [1.54, 1.807) is 20.4 Å². The van der Waals surface area contributed by atoms with E-state index in [4.69, 9.17) is 9.47 Å². The van der Waals surface area contributed by atoms with Crippen molar-refractivity contribution in [1.29, 1.82) is 0 Å². The summed E-state index contributed by atoms with van der Waals surface area (Å²) in [5.41, 5.74) is 1.17. The molecule has 3 rings (SSSR count). The quantitative estimate of drug-likeness (QED) is 0.845. The number of carbonyl (C=O) groups is 1. The van der Waals surface area contributed by atoms with Crippen LogP contribution in [0, 0.1) is 12.8 Å². The van der Waals surface area contributed by atoms with Crippen molar-refractivity contribution < 1.29 is 14.3 Å². The number of benzene rings is 1. The number of likely N-dealkylation sites (tertiary alicyclic amines) is 1. The standard InChI is InChI=1S/C17H20N2O3S/c1-11-18-8-16(23-11)17(20)19-9-13(10-19)4-12-5-14(21-2)7-15(6-12)22-3/h5-8,13H,4,9-10H2,1-3H3. The van der Waals surface area contributed by atoms with Gasteiger partial charge in [-0.15, -0.1) is 11.3 Å². The average molecular weight is 332 g/mol. The zero-order valence-electron chi connectivity index (χ0n) is 13.5. The largest absolute Gasteiger partial charge is 0.497 e. The van der Waals surface area contributed by atoms with E-state index in [9.17, 15) is 4.79 Å². The van der Waals surface area contributed by atoms with Gasteiger partial charge < -0.3 is 14.4 Å². The van der Waals surface area contributed by atoms with Crippen LogP contribution in [0.4, 0.5) is 0 Å². The van der Waals surface area contributed by atoms with Crippen molar-refractivity contribution in [3.63, 3.8) is 0 Å². The van der Waals surface area contributed by atoms with Crippen LogP contribution in [0.5, 0.6) is 11.5 Å². The van der Waals surface area contributed by atoms with Crippen LogP contribution in [0.1, 0.15) is 20.2 Å². The Hall–Kier alpha value is -2.08. The van der Waals surface area contributed by atoms with Gasteiger partial charge in [-0.25, -0.2) is 4.98 Å². The summed E-state index contributed by atoms with van der Waals surface area (Å²) < 4.78 is 10.6. The van der Waals surface area contributed by atoms with Crippen molar-refractivity contribution in [2.24, 2.45) is 5.92 Å². The van der Waals surface area contributed by atoms with E-state index in [2.05, 4.69) is 4.98 Å². The Kier molecular flexibility index (Phi) is 4.52. The number of hydrogen-bond acceptors (Lipinski definition) is 5. The summed E-state index contributed by atoms with van der Waals surface area (Å²) in [6, 6.07) is 5.92. The summed E-state index contributed by atoms with van der Waals surface area (Å²) in [4.78, 5) is 19.1. The van der Waals surface area contributed by atoms with Gasteiger partial charge in [-0.05, 0) is 37.0 Å². The van der Waals surface area contributed by atoms with E-state index >= 15 is 0 Å². The summed E-state index contributed by atoms with van der Waals surface area (Å²) in [6.07, 6.45) is 2.58. The van der Waals surface area contributed by atoms with Crippen LogP contribution in [-0.4, -0.2) is 43.1 Å². The van der Waals surface area contributed by atoms with Gasteiger partial charge in [-0.1, -0.05) is 0 Å². The monoisotopic (exact) mass is 332 g/mol. The highest BCUT2D eigenvalue weighted by molar-refractivity contribution is 7.13. The van der Waals surface area contributed by atoms with Gasteiger partial charge in [0.25, 0.3) is 5.91 Å². The third-order valence-electron chi connectivity index (χ3n) is 4.01. The zero-order valence-corrected chi connectivity index (χ0v) is 14.4.